The van der Waals surface area contributed by atoms with Crippen LogP contribution in [0, 0.1) is 0 Å². The van der Waals surface area contributed by atoms with E-state index in [1.54, 1.807) is 6.20 Å². The number of aromatic amines is 1. The Labute approximate surface area is 76.6 Å². The lowest BCUT2D eigenvalue weighted by Crippen LogP contribution is -2.18. The molecule has 2 aromatic rings. The number of hydrazine groups is 1. The summed E-state index contributed by atoms with van der Waals surface area (Å²) in [6, 6.07) is 7.70. The molecular formula is C8H8N3OP. The summed E-state index contributed by atoms with van der Waals surface area (Å²) in [5, 5.41) is 0.966. The van der Waals surface area contributed by atoms with Crippen LogP contribution in [0.5, 0.6) is 0 Å². The van der Waals surface area contributed by atoms with Gasteiger partial charge in [-0.05, 0) is 6.07 Å². The Balaban J connectivity index is 2.64. The number of rotatable bonds is 2. The molecule has 0 fully saturated rings. The van der Waals surface area contributed by atoms with Gasteiger partial charge in [-0.1, -0.05) is 18.2 Å². The average Bonchev–Trinajstić information content (AvgIpc) is 2.60. The Morgan fingerprint density at radius 3 is 2.92 bits per heavy atom. The molecule has 0 bridgehead atoms. The van der Waals surface area contributed by atoms with Gasteiger partial charge in [0.15, 0.2) is 0 Å². The number of H-pyrrole nitrogens is 1. The lowest BCUT2D eigenvalue weighted by atomic mass is 10.2. The van der Waals surface area contributed by atoms with E-state index in [0.29, 0.717) is 0 Å². The van der Waals surface area contributed by atoms with E-state index in [1.807, 2.05) is 24.3 Å². The molecule has 0 saturated carbocycles. The molecule has 1 heterocycles. The number of benzene rings is 1. The number of nitrogens with one attached hydrogen (secondary N) is 1. The highest BCUT2D eigenvalue weighted by atomic mass is 31.1. The van der Waals surface area contributed by atoms with Gasteiger partial charge in [-0.3, -0.25) is 0 Å². The summed E-state index contributed by atoms with van der Waals surface area (Å²) in [6.45, 7) is 0. The molecule has 0 radical (unpaired) electrons. The van der Waals surface area contributed by atoms with E-state index >= 15 is 0 Å². The second kappa shape index (κ2) is 3.17. The highest BCUT2D eigenvalue weighted by molar-refractivity contribution is 7.26. The maximum Gasteiger partial charge on any atom is 0.297 e. The SMILES string of the molecule is NN(P=O)c1c[nH]c2ccccc12. The molecular weight excluding hydrogens is 185 g/mol. The van der Waals surface area contributed by atoms with Gasteiger partial charge in [0.05, 0.1) is 5.69 Å². The average molecular weight is 193 g/mol. The maximum absolute atomic E-state index is 10.5. The van der Waals surface area contributed by atoms with Gasteiger partial charge in [-0.2, -0.15) is 0 Å². The predicted molar refractivity (Wildman–Crippen MR) is 52.6 cm³/mol. The minimum atomic E-state index is -0.216. The topological polar surface area (TPSA) is 62.1 Å². The lowest BCUT2D eigenvalue weighted by molar-refractivity contribution is 0.596. The molecule has 0 aliphatic carbocycles. The van der Waals surface area contributed by atoms with Crippen molar-refractivity contribution in [3.8, 4) is 0 Å². The van der Waals surface area contributed by atoms with Crippen LogP contribution in [0.2, 0.25) is 0 Å². The first-order chi connectivity index (χ1) is 6.33. The molecule has 0 saturated heterocycles. The zero-order valence-electron chi connectivity index (χ0n) is 6.77. The van der Waals surface area contributed by atoms with Gasteiger partial charge in [0.25, 0.3) is 8.61 Å². The first-order valence-corrected chi connectivity index (χ1v) is 4.53. The third-order valence-corrected chi connectivity index (χ3v) is 2.29. The van der Waals surface area contributed by atoms with E-state index in [1.165, 1.54) is 0 Å². The molecule has 0 aliphatic heterocycles. The van der Waals surface area contributed by atoms with E-state index in [2.05, 4.69) is 4.98 Å². The Bertz CT molecular complexity index is 440. The summed E-state index contributed by atoms with van der Waals surface area (Å²) in [5.74, 6) is 5.49. The molecule has 4 nitrogen and oxygen atoms in total. The van der Waals surface area contributed by atoms with Gasteiger partial charge in [0.1, 0.15) is 0 Å². The van der Waals surface area contributed by atoms with Crippen LogP contribution in [0.15, 0.2) is 30.5 Å². The van der Waals surface area contributed by atoms with Gasteiger partial charge >= 0.3 is 0 Å². The standard InChI is InChI=1S/C8H8N3OP/c9-11(13-12)8-5-10-7-4-2-1-3-6(7)8/h1-5,10H,9H2. The third-order valence-electron chi connectivity index (χ3n) is 1.90. The van der Waals surface area contributed by atoms with Crippen LogP contribution in [0.4, 0.5) is 5.69 Å². The van der Waals surface area contributed by atoms with Crippen molar-refractivity contribution in [3.05, 3.63) is 30.5 Å². The molecule has 3 N–H and O–H groups in total. The molecule has 13 heavy (non-hydrogen) atoms. The molecule has 66 valence electrons. The summed E-state index contributed by atoms with van der Waals surface area (Å²) < 4.78 is 11.7. The van der Waals surface area contributed by atoms with Crippen LogP contribution >= 0.6 is 8.61 Å². The summed E-state index contributed by atoms with van der Waals surface area (Å²) >= 11 is 0. The Hall–Kier alpha value is -1.38. The fourth-order valence-corrected chi connectivity index (χ4v) is 1.54. The van der Waals surface area contributed by atoms with E-state index < -0.39 is 0 Å². The largest absolute Gasteiger partial charge is 0.359 e. The summed E-state index contributed by atoms with van der Waals surface area (Å²) in [4.78, 5) is 3.04. The fourth-order valence-electron chi connectivity index (χ4n) is 1.29. The smallest absolute Gasteiger partial charge is 0.297 e. The first kappa shape index (κ1) is 8.23. The van der Waals surface area contributed by atoms with Crippen LogP contribution in [0.3, 0.4) is 0 Å². The van der Waals surface area contributed by atoms with Gasteiger partial charge in [0, 0.05) is 17.1 Å². The Morgan fingerprint density at radius 2 is 2.15 bits per heavy atom. The second-order valence-electron chi connectivity index (χ2n) is 2.65. The highest BCUT2D eigenvalue weighted by Crippen LogP contribution is 2.27. The highest BCUT2D eigenvalue weighted by Gasteiger charge is 2.06. The van der Waals surface area contributed by atoms with Gasteiger partial charge in [0.2, 0.25) is 0 Å². The van der Waals surface area contributed by atoms with Gasteiger partial charge < -0.3 is 4.98 Å². The lowest BCUT2D eigenvalue weighted by Gasteiger charge is -2.05. The zero-order valence-corrected chi connectivity index (χ0v) is 7.66. The Kier molecular flexibility index (Phi) is 2.00. The number of aromatic nitrogens is 1. The normalized spacial score (nSPS) is 10.8. The molecule has 0 aliphatic rings. The van der Waals surface area contributed by atoms with Crippen molar-refractivity contribution in [1.29, 1.82) is 0 Å². The van der Waals surface area contributed by atoms with Crippen molar-refractivity contribution in [3.63, 3.8) is 0 Å². The molecule has 0 amide bonds. The number of hydrogen-bond acceptors (Lipinski definition) is 2. The summed E-state index contributed by atoms with van der Waals surface area (Å²) in [5.41, 5.74) is 1.71. The van der Waals surface area contributed by atoms with E-state index in [0.717, 1.165) is 21.4 Å². The minimum absolute atomic E-state index is 0.216. The van der Waals surface area contributed by atoms with Crippen molar-refractivity contribution >= 4 is 25.2 Å². The van der Waals surface area contributed by atoms with Crippen LogP contribution in [-0.4, -0.2) is 4.98 Å². The van der Waals surface area contributed by atoms with E-state index in [9.17, 15) is 4.57 Å². The molecule has 5 heteroatoms. The van der Waals surface area contributed by atoms with E-state index in [-0.39, 0.29) is 8.61 Å². The van der Waals surface area contributed by atoms with E-state index in [4.69, 9.17) is 5.84 Å². The third kappa shape index (κ3) is 1.30. The number of hydrogen-bond donors (Lipinski definition) is 2. The number of para-hydroxylation sites is 1. The molecule has 2 rings (SSSR count). The quantitative estimate of drug-likeness (QED) is 0.436. The van der Waals surface area contributed by atoms with Crippen LogP contribution < -0.4 is 10.6 Å². The molecule has 0 spiro atoms. The molecule has 1 aromatic carbocycles. The first-order valence-electron chi connectivity index (χ1n) is 3.77. The monoisotopic (exact) mass is 193 g/mol. The second-order valence-corrected chi connectivity index (χ2v) is 3.24. The molecule has 1 aromatic heterocycles. The molecule has 0 atom stereocenters. The minimum Gasteiger partial charge on any atom is -0.359 e. The number of anilines is 1. The van der Waals surface area contributed by atoms with Gasteiger partial charge in [-0.25, -0.2) is 15.2 Å². The van der Waals surface area contributed by atoms with Crippen LogP contribution in [-0.2, 0) is 4.57 Å². The van der Waals surface area contributed by atoms with Crippen LogP contribution in [0.1, 0.15) is 0 Å². The van der Waals surface area contributed by atoms with Crippen molar-refractivity contribution < 1.29 is 4.57 Å². The van der Waals surface area contributed by atoms with Gasteiger partial charge in [-0.15, -0.1) is 0 Å². The number of nitrogens with zero attached hydrogens (tertiary/aromatic N) is 1. The molecule has 0 unspecified atom stereocenters. The van der Waals surface area contributed by atoms with Crippen molar-refractivity contribution in [2.45, 2.75) is 0 Å². The summed E-state index contributed by atoms with van der Waals surface area (Å²) in [7, 11) is -0.216. The zero-order chi connectivity index (χ0) is 9.26. The number of nitrogens with two attached hydrogens (primary N) is 1. The maximum atomic E-state index is 10.5. The number of fused-ring (bicyclic) bond motifs is 1. The summed E-state index contributed by atoms with van der Waals surface area (Å²) in [6.07, 6.45) is 1.73. The van der Waals surface area contributed by atoms with Crippen molar-refractivity contribution in [2.75, 3.05) is 4.78 Å². The van der Waals surface area contributed by atoms with Crippen LogP contribution in [0.25, 0.3) is 10.9 Å². The fraction of sp³-hybridized carbons (Fsp3) is 0. The van der Waals surface area contributed by atoms with Crippen molar-refractivity contribution in [1.82, 2.24) is 4.98 Å². The Morgan fingerprint density at radius 1 is 1.38 bits per heavy atom. The van der Waals surface area contributed by atoms with Crippen molar-refractivity contribution in [2.24, 2.45) is 5.84 Å². The predicted octanol–water partition coefficient (Wildman–Crippen LogP) is 2.05.